The van der Waals surface area contributed by atoms with Gasteiger partial charge in [0, 0.05) is 35.3 Å². The van der Waals surface area contributed by atoms with Crippen molar-refractivity contribution in [1.82, 2.24) is 5.16 Å². The first kappa shape index (κ1) is 25.5. The Morgan fingerprint density at radius 3 is 2.50 bits per heavy atom. The maximum absolute atomic E-state index is 13.9. The molecule has 0 N–H and O–H groups in total. The van der Waals surface area contributed by atoms with Crippen LogP contribution in [0.5, 0.6) is 0 Å². The van der Waals surface area contributed by atoms with Crippen molar-refractivity contribution in [3.05, 3.63) is 64.5 Å². The molecule has 1 saturated carbocycles. The standard InChI is InChI=1S/C29H35N2O3S.ClH/c32-28(29(27-11-8-18-35-27)14-6-1-2-7-15-29)33-26-21-31(16-12-23(26)13-17-31)20-24-19-25(30-34-24)22-9-4-3-5-10-22;/h3-5,8-11,18-19,23,26H,1-2,6-7,12-17,20-21H2;1H/q+1;/t23?,26-,31?;/m0./s1. The van der Waals surface area contributed by atoms with Crippen LogP contribution in [0.1, 0.15) is 62.0 Å². The van der Waals surface area contributed by atoms with Crippen LogP contribution >= 0.6 is 23.7 Å². The van der Waals surface area contributed by atoms with Gasteiger partial charge >= 0.3 is 5.97 Å². The van der Waals surface area contributed by atoms with Crippen LogP contribution in [0.2, 0.25) is 0 Å². The largest absolute Gasteiger partial charge is 0.455 e. The van der Waals surface area contributed by atoms with Crippen LogP contribution in [0, 0.1) is 5.92 Å². The van der Waals surface area contributed by atoms with Gasteiger partial charge in [-0.2, -0.15) is 0 Å². The van der Waals surface area contributed by atoms with E-state index in [1.807, 2.05) is 18.2 Å². The smallest absolute Gasteiger partial charge is 0.317 e. The molecule has 3 aromatic rings. The first-order chi connectivity index (χ1) is 17.2. The summed E-state index contributed by atoms with van der Waals surface area (Å²) in [7, 11) is 0. The molecule has 1 aliphatic carbocycles. The van der Waals surface area contributed by atoms with Crippen LogP contribution in [0.4, 0.5) is 0 Å². The number of rotatable bonds is 6. The Balaban J connectivity index is 0.00000267. The minimum absolute atomic E-state index is 0. The lowest BCUT2D eigenvalue weighted by atomic mass is 9.78. The predicted octanol–water partition coefficient (Wildman–Crippen LogP) is 6.77. The van der Waals surface area contributed by atoms with Gasteiger partial charge in [-0.25, -0.2) is 0 Å². The number of ether oxygens (including phenoxy) is 1. The fourth-order valence-electron chi connectivity index (χ4n) is 6.72. The highest BCUT2D eigenvalue weighted by Gasteiger charge is 2.51. The third-order valence-electron chi connectivity index (χ3n) is 8.76. The average molecular weight is 528 g/mol. The molecule has 3 saturated heterocycles. The van der Waals surface area contributed by atoms with E-state index in [1.165, 1.54) is 17.7 Å². The first-order valence-electron chi connectivity index (χ1n) is 13.3. The van der Waals surface area contributed by atoms with E-state index in [2.05, 4.69) is 40.9 Å². The van der Waals surface area contributed by atoms with Gasteiger partial charge in [-0.1, -0.05) is 67.2 Å². The topological polar surface area (TPSA) is 52.3 Å². The molecule has 7 heteroatoms. The highest BCUT2D eigenvalue weighted by atomic mass is 35.5. The zero-order valence-electron chi connectivity index (χ0n) is 20.8. The molecule has 5 heterocycles. The van der Waals surface area contributed by atoms with Gasteiger partial charge in [0.1, 0.15) is 24.2 Å². The number of nitrogens with zero attached hydrogens (tertiary/aromatic N) is 2. The highest BCUT2D eigenvalue weighted by Crippen LogP contribution is 2.44. The number of aromatic nitrogens is 1. The van der Waals surface area contributed by atoms with E-state index >= 15 is 0 Å². The second-order valence-electron chi connectivity index (χ2n) is 10.9. The molecule has 36 heavy (non-hydrogen) atoms. The molecule has 1 aromatic carbocycles. The molecule has 0 radical (unpaired) electrons. The summed E-state index contributed by atoms with van der Waals surface area (Å²) >= 11 is 1.72. The maximum atomic E-state index is 13.9. The number of carbonyl (C=O) groups is 1. The van der Waals surface area contributed by atoms with Crippen molar-refractivity contribution < 1.29 is 18.5 Å². The lowest BCUT2D eigenvalue weighted by Gasteiger charge is -2.52. The molecule has 1 atom stereocenters. The van der Waals surface area contributed by atoms with E-state index in [0.29, 0.717) is 5.92 Å². The first-order valence-corrected chi connectivity index (χ1v) is 14.2. The van der Waals surface area contributed by atoms with Crippen LogP contribution in [0.15, 0.2) is 58.4 Å². The Hall–Kier alpha value is -2.15. The van der Waals surface area contributed by atoms with Crippen molar-refractivity contribution in [3.8, 4) is 11.3 Å². The number of fused-ring (bicyclic) bond motifs is 3. The minimum atomic E-state index is -0.447. The van der Waals surface area contributed by atoms with E-state index in [4.69, 9.17) is 9.26 Å². The third-order valence-corrected chi connectivity index (χ3v) is 9.83. The SMILES string of the molecule is Cl.O=C(O[C@H]1C[N+]2(Cc3cc(-c4ccccc4)no3)CCC1CC2)C1(c2cccs2)CCCCCC1. The average Bonchev–Trinajstić information content (AvgIpc) is 3.53. The van der Waals surface area contributed by atoms with Crippen molar-refractivity contribution in [3.63, 3.8) is 0 Å². The zero-order valence-corrected chi connectivity index (χ0v) is 22.4. The summed E-state index contributed by atoms with van der Waals surface area (Å²) in [6.45, 7) is 3.95. The minimum Gasteiger partial charge on any atom is -0.455 e. The second kappa shape index (κ2) is 10.7. The van der Waals surface area contributed by atoms with Crippen molar-refractivity contribution in [2.45, 2.75) is 69.4 Å². The number of piperidine rings is 3. The van der Waals surface area contributed by atoms with Crippen molar-refractivity contribution in [2.75, 3.05) is 19.6 Å². The summed E-state index contributed by atoms with van der Waals surface area (Å²) in [5, 5.41) is 6.44. The molecule has 5 nitrogen and oxygen atoms in total. The number of carbonyl (C=O) groups excluding carboxylic acids is 1. The fraction of sp³-hybridized carbons (Fsp3) is 0.517. The monoisotopic (exact) mass is 527 g/mol. The molecule has 4 aliphatic rings. The fourth-order valence-corrected chi connectivity index (χ4v) is 7.70. The molecule has 3 aliphatic heterocycles. The van der Waals surface area contributed by atoms with E-state index in [0.717, 1.165) is 86.2 Å². The Morgan fingerprint density at radius 1 is 1.06 bits per heavy atom. The lowest BCUT2D eigenvalue weighted by molar-refractivity contribution is -0.959. The van der Waals surface area contributed by atoms with Crippen LogP contribution in [-0.4, -0.2) is 41.3 Å². The molecule has 0 spiro atoms. The molecule has 2 bridgehead atoms. The second-order valence-corrected chi connectivity index (χ2v) is 11.9. The van der Waals surface area contributed by atoms with Gasteiger partial charge in [0.15, 0.2) is 11.9 Å². The van der Waals surface area contributed by atoms with Gasteiger partial charge in [-0.3, -0.25) is 4.79 Å². The quantitative estimate of drug-likeness (QED) is 0.202. The molecule has 7 rings (SSSR count). The molecule has 0 amide bonds. The van der Waals surface area contributed by atoms with Crippen LogP contribution in [0.3, 0.4) is 0 Å². The summed E-state index contributed by atoms with van der Waals surface area (Å²) in [5.74, 6) is 1.44. The Morgan fingerprint density at radius 2 is 1.81 bits per heavy atom. The van der Waals surface area contributed by atoms with Gasteiger partial charge in [0.05, 0.1) is 13.1 Å². The van der Waals surface area contributed by atoms with E-state index in [1.54, 1.807) is 11.3 Å². The molecular formula is C29H36ClN2O3S+. The van der Waals surface area contributed by atoms with Crippen LogP contribution in [0.25, 0.3) is 11.3 Å². The number of halogens is 1. The lowest BCUT2D eigenvalue weighted by Crippen LogP contribution is -2.64. The van der Waals surface area contributed by atoms with Crippen molar-refractivity contribution in [2.24, 2.45) is 5.92 Å². The van der Waals surface area contributed by atoms with Crippen LogP contribution < -0.4 is 0 Å². The van der Waals surface area contributed by atoms with E-state index < -0.39 is 5.41 Å². The Kier molecular flexibility index (Phi) is 7.57. The van der Waals surface area contributed by atoms with Crippen molar-refractivity contribution >= 4 is 29.7 Å². The van der Waals surface area contributed by atoms with Gasteiger partial charge in [0.25, 0.3) is 0 Å². The summed E-state index contributed by atoms with van der Waals surface area (Å²) in [6.07, 6.45) is 8.72. The third kappa shape index (κ3) is 4.88. The van der Waals surface area contributed by atoms with E-state index in [9.17, 15) is 4.79 Å². The number of benzene rings is 1. The van der Waals surface area contributed by atoms with Gasteiger partial charge in [-0.15, -0.1) is 23.7 Å². The molecule has 192 valence electrons. The highest BCUT2D eigenvalue weighted by molar-refractivity contribution is 7.10. The molecule has 0 unspecified atom stereocenters. The molecular weight excluding hydrogens is 492 g/mol. The number of thiophene rings is 1. The van der Waals surface area contributed by atoms with Gasteiger partial charge in [0.2, 0.25) is 0 Å². The van der Waals surface area contributed by atoms with Crippen molar-refractivity contribution in [1.29, 1.82) is 0 Å². The maximum Gasteiger partial charge on any atom is 0.317 e. The number of esters is 1. The summed E-state index contributed by atoms with van der Waals surface area (Å²) < 4.78 is 13.2. The number of hydrogen-bond donors (Lipinski definition) is 0. The van der Waals surface area contributed by atoms with Gasteiger partial charge < -0.3 is 13.7 Å². The van der Waals surface area contributed by atoms with Crippen LogP contribution in [-0.2, 0) is 21.5 Å². The molecule has 4 fully saturated rings. The number of quaternary nitrogens is 1. The summed E-state index contributed by atoms with van der Waals surface area (Å²) in [5.41, 5.74) is 1.52. The summed E-state index contributed by atoms with van der Waals surface area (Å²) in [6, 6.07) is 16.5. The Bertz CT molecular complexity index is 1130. The predicted molar refractivity (Wildman–Crippen MR) is 144 cm³/mol. The Labute approximate surface area is 223 Å². The normalized spacial score (nSPS) is 27.1. The van der Waals surface area contributed by atoms with E-state index in [-0.39, 0.29) is 24.5 Å². The summed E-state index contributed by atoms with van der Waals surface area (Å²) in [4.78, 5) is 15.1. The molecule has 2 aromatic heterocycles. The zero-order chi connectivity index (χ0) is 23.7. The van der Waals surface area contributed by atoms with Gasteiger partial charge in [-0.05, 0) is 24.3 Å². The number of hydrogen-bond acceptors (Lipinski definition) is 5.